The molecule has 1 aromatic carbocycles. The minimum atomic E-state index is -4.32. The van der Waals surface area contributed by atoms with Gasteiger partial charge >= 0.3 is 13.7 Å². The Morgan fingerprint density at radius 1 is 1.33 bits per heavy atom. The summed E-state index contributed by atoms with van der Waals surface area (Å²) in [5.74, 6) is -0.169. The number of para-hydroxylation sites is 1. The summed E-state index contributed by atoms with van der Waals surface area (Å²) < 4.78 is 54.0. The molecular weight excluding hydrogens is 584 g/mol. The van der Waals surface area contributed by atoms with Crippen molar-refractivity contribution in [1.82, 2.24) is 24.6 Å². The van der Waals surface area contributed by atoms with Gasteiger partial charge in [0.15, 0.2) is 23.2 Å². The van der Waals surface area contributed by atoms with E-state index in [1.807, 2.05) is 0 Å². The van der Waals surface area contributed by atoms with Gasteiger partial charge in [0, 0.05) is 6.04 Å². The SMILES string of the molecule is C=C[C@@]1(F)[C@H](O)[C@@H](CO[P@@](=O)(NC(C)C(=O)OC(C)C)Oc2ccccc2)O[C@H]1n1cnc2c(NC3CC3)nc(N)nc21. The normalized spacial score (nSPS) is 25.8. The number of aliphatic hydroxyl groups is 1. The van der Waals surface area contributed by atoms with Crippen LogP contribution in [0.3, 0.4) is 0 Å². The molecule has 1 saturated carbocycles. The van der Waals surface area contributed by atoms with E-state index >= 15 is 4.39 Å². The number of imidazole rings is 1. The maximum atomic E-state index is 16.4. The van der Waals surface area contributed by atoms with Gasteiger partial charge in [-0.1, -0.05) is 24.8 Å². The molecule has 5 N–H and O–H groups in total. The number of nitrogens with two attached hydrogens (primary N) is 1. The smallest absolute Gasteiger partial charge is 0.459 e. The average Bonchev–Trinajstić information content (AvgIpc) is 3.62. The highest BCUT2D eigenvalue weighted by Gasteiger charge is 2.57. The topological polar surface area (TPSA) is 185 Å². The van der Waals surface area contributed by atoms with Crippen LogP contribution in [0.25, 0.3) is 11.2 Å². The van der Waals surface area contributed by atoms with Crippen molar-refractivity contribution < 1.29 is 37.4 Å². The molecule has 0 radical (unpaired) electrons. The number of ether oxygens (including phenoxy) is 2. The highest BCUT2D eigenvalue weighted by atomic mass is 31.2. The summed E-state index contributed by atoms with van der Waals surface area (Å²) in [5, 5.41) is 16.8. The minimum Gasteiger partial charge on any atom is -0.462 e. The number of fused-ring (bicyclic) bond motifs is 1. The Morgan fingerprint density at radius 2 is 2.05 bits per heavy atom. The summed E-state index contributed by atoms with van der Waals surface area (Å²) >= 11 is 0. The number of aliphatic hydroxyl groups excluding tert-OH is 1. The molecule has 0 spiro atoms. The van der Waals surface area contributed by atoms with Crippen LogP contribution >= 0.6 is 7.75 Å². The number of rotatable bonds is 13. The number of hydrogen-bond donors (Lipinski definition) is 4. The van der Waals surface area contributed by atoms with Gasteiger partial charge in [-0.15, -0.1) is 0 Å². The summed E-state index contributed by atoms with van der Waals surface area (Å²) in [7, 11) is -4.32. The number of hydrogen-bond acceptors (Lipinski definition) is 12. The molecule has 3 heterocycles. The molecule has 43 heavy (non-hydrogen) atoms. The Bertz CT molecular complexity index is 1520. The standard InChI is InChI=1S/C27H35FN7O7P/c1-5-27(28)21(36)19(41-25(27)35-14-30-20-22(31-17-11-12-17)32-26(29)33-23(20)35)13-39-43(38,42-18-9-7-6-8-10-18)34-16(4)24(37)40-15(2)3/h5-10,14-17,19,21,25,36H,1,11-13H2,2-4H3,(H,34,38)(H3,29,31,32,33)/t16?,19-,21-,25-,27-,43+/m1/s1. The number of carbonyl (C=O) groups excluding carboxylic acids is 1. The van der Waals surface area contributed by atoms with Crippen molar-refractivity contribution in [2.45, 2.75) is 75.9 Å². The van der Waals surface area contributed by atoms with Gasteiger partial charge in [-0.25, -0.2) is 13.9 Å². The summed E-state index contributed by atoms with van der Waals surface area (Å²) in [4.78, 5) is 25.2. The Morgan fingerprint density at radius 3 is 2.70 bits per heavy atom. The maximum Gasteiger partial charge on any atom is 0.459 e. The van der Waals surface area contributed by atoms with Crippen LogP contribution in [0.2, 0.25) is 0 Å². The third-order valence-corrected chi connectivity index (χ3v) is 8.49. The number of nitrogens with zero attached hydrogens (tertiary/aromatic N) is 4. The third kappa shape index (κ3) is 6.65. The second-order valence-corrected chi connectivity index (χ2v) is 12.4. The first-order valence-corrected chi connectivity index (χ1v) is 15.4. The molecule has 14 nitrogen and oxygen atoms in total. The zero-order chi connectivity index (χ0) is 30.9. The maximum absolute atomic E-state index is 16.4. The lowest BCUT2D eigenvalue weighted by atomic mass is 9.96. The molecule has 0 bridgehead atoms. The lowest BCUT2D eigenvalue weighted by Gasteiger charge is -2.26. The Balaban J connectivity index is 1.38. The van der Waals surface area contributed by atoms with Crippen molar-refractivity contribution in [1.29, 1.82) is 0 Å². The van der Waals surface area contributed by atoms with E-state index in [1.54, 1.807) is 44.2 Å². The Kier molecular flexibility index (Phi) is 8.72. The Labute approximate surface area is 247 Å². The number of nitrogens with one attached hydrogen (secondary N) is 2. The van der Waals surface area contributed by atoms with Gasteiger partial charge in [0.1, 0.15) is 24.0 Å². The molecule has 1 aliphatic carbocycles. The summed E-state index contributed by atoms with van der Waals surface area (Å²) in [5.41, 5.74) is 3.91. The molecule has 2 fully saturated rings. The lowest BCUT2D eigenvalue weighted by molar-refractivity contribution is -0.149. The van der Waals surface area contributed by atoms with Crippen LogP contribution in [0.15, 0.2) is 49.3 Å². The highest BCUT2D eigenvalue weighted by molar-refractivity contribution is 7.52. The van der Waals surface area contributed by atoms with Crippen molar-refractivity contribution in [2.24, 2.45) is 0 Å². The molecule has 16 heteroatoms. The van der Waals surface area contributed by atoms with Gasteiger partial charge in [-0.2, -0.15) is 15.1 Å². The molecular formula is C27H35FN7O7P. The van der Waals surface area contributed by atoms with Crippen molar-refractivity contribution in [3.63, 3.8) is 0 Å². The zero-order valence-electron chi connectivity index (χ0n) is 23.9. The van der Waals surface area contributed by atoms with Crippen LogP contribution in [0.1, 0.15) is 39.8 Å². The second-order valence-electron chi connectivity index (χ2n) is 10.7. The van der Waals surface area contributed by atoms with Gasteiger partial charge in [0.25, 0.3) is 0 Å². The summed E-state index contributed by atoms with van der Waals surface area (Å²) in [6, 6.07) is 7.26. The molecule has 232 valence electrons. The van der Waals surface area contributed by atoms with Crippen LogP contribution in [0.4, 0.5) is 16.2 Å². The summed E-state index contributed by atoms with van der Waals surface area (Å²) in [6.45, 7) is 7.75. The van der Waals surface area contributed by atoms with Gasteiger partial charge in [-0.3, -0.25) is 13.9 Å². The molecule has 2 aliphatic rings. The molecule has 1 saturated heterocycles. The monoisotopic (exact) mass is 619 g/mol. The van der Waals surface area contributed by atoms with E-state index < -0.39 is 56.6 Å². The van der Waals surface area contributed by atoms with E-state index in [0.29, 0.717) is 11.3 Å². The lowest BCUT2D eigenvalue weighted by Crippen LogP contribution is -2.42. The van der Waals surface area contributed by atoms with Gasteiger partial charge < -0.3 is 30.2 Å². The fourth-order valence-electron chi connectivity index (χ4n) is 4.54. The second kappa shape index (κ2) is 12.2. The molecule has 1 unspecified atom stereocenters. The molecule has 2 aromatic heterocycles. The molecule has 3 aromatic rings. The molecule has 5 rings (SSSR count). The number of halogens is 1. The predicted molar refractivity (Wildman–Crippen MR) is 155 cm³/mol. The molecule has 0 amide bonds. The zero-order valence-corrected chi connectivity index (χ0v) is 24.8. The van der Waals surface area contributed by atoms with E-state index in [9.17, 15) is 14.5 Å². The first-order valence-electron chi connectivity index (χ1n) is 13.8. The number of alkyl halides is 1. The van der Waals surface area contributed by atoms with Crippen LogP contribution in [0.5, 0.6) is 5.75 Å². The van der Waals surface area contributed by atoms with Gasteiger partial charge in [0.05, 0.1) is 19.0 Å². The largest absolute Gasteiger partial charge is 0.462 e. The number of aromatic nitrogens is 4. The van der Waals surface area contributed by atoms with E-state index in [-0.39, 0.29) is 23.4 Å². The van der Waals surface area contributed by atoms with Crippen LogP contribution in [-0.4, -0.2) is 73.3 Å². The number of anilines is 2. The summed E-state index contributed by atoms with van der Waals surface area (Å²) in [6.07, 6.45) is -0.912. The fourth-order valence-corrected chi connectivity index (χ4v) is 6.04. The minimum absolute atomic E-state index is 0.0610. The average molecular weight is 620 g/mol. The highest BCUT2D eigenvalue weighted by Crippen LogP contribution is 2.48. The third-order valence-electron chi connectivity index (χ3n) is 6.84. The van der Waals surface area contributed by atoms with Crippen molar-refractivity contribution >= 4 is 36.6 Å². The first-order chi connectivity index (χ1) is 20.4. The molecule has 1 aliphatic heterocycles. The van der Waals surface area contributed by atoms with Crippen molar-refractivity contribution in [3.8, 4) is 5.75 Å². The van der Waals surface area contributed by atoms with Gasteiger partial charge in [-0.05, 0) is 51.8 Å². The quantitative estimate of drug-likeness (QED) is 0.124. The van der Waals surface area contributed by atoms with Crippen molar-refractivity contribution in [3.05, 3.63) is 49.3 Å². The number of benzene rings is 1. The molecule has 6 atom stereocenters. The van der Waals surface area contributed by atoms with E-state index in [2.05, 4.69) is 31.9 Å². The van der Waals surface area contributed by atoms with E-state index in [1.165, 1.54) is 17.8 Å². The van der Waals surface area contributed by atoms with Crippen LogP contribution in [0, 0.1) is 0 Å². The Hall–Kier alpha value is -3.62. The fraction of sp³-hybridized carbons (Fsp3) is 0.481. The first kappa shape index (κ1) is 30.8. The number of carbonyl (C=O) groups is 1. The van der Waals surface area contributed by atoms with Gasteiger partial charge in [0.2, 0.25) is 11.6 Å². The number of nitrogen functional groups attached to an aromatic ring is 1. The van der Waals surface area contributed by atoms with E-state index in [4.69, 9.17) is 24.3 Å². The number of esters is 1. The van der Waals surface area contributed by atoms with Crippen molar-refractivity contribution in [2.75, 3.05) is 17.7 Å². The van der Waals surface area contributed by atoms with E-state index in [0.717, 1.165) is 18.9 Å². The predicted octanol–water partition coefficient (Wildman–Crippen LogP) is 3.27. The van der Waals surface area contributed by atoms with Crippen LogP contribution < -0.4 is 20.7 Å². The van der Waals surface area contributed by atoms with Crippen LogP contribution in [-0.2, 0) is 23.4 Å².